The highest BCUT2D eigenvalue weighted by Gasteiger charge is 2.28. The summed E-state index contributed by atoms with van der Waals surface area (Å²) in [5, 5.41) is 9.05. The third-order valence-corrected chi connectivity index (χ3v) is 3.66. The molecule has 1 N–H and O–H groups in total. The first-order valence-electron chi connectivity index (χ1n) is 6.39. The van der Waals surface area contributed by atoms with Crippen molar-refractivity contribution < 1.29 is 9.90 Å². The zero-order valence-corrected chi connectivity index (χ0v) is 10.6. The van der Waals surface area contributed by atoms with E-state index in [-0.39, 0.29) is 5.92 Å². The maximum atomic E-state index is 11.0. The van der Waals surface area contributed by atoms with Crippen molar-refractivity contribution in [2.75, 3.05) is 0 Å². The van der Waals surface area contributed by atoms with E-state index in [1.807, 2.05) is 0 Å². The molecule has 1 aliphatic rings. The third-order valence-electron chi connectivity index (χ3n) is 3.66. The van der Waals surface area contributed by atoms with Gasteiger partial charge in [0.1, 0.15) is 5.82 Å². The van der Waals surface area contributed by atoms with Crippen LogP contribution in [0.5, 0.6) is 0 Å². The molecule has 0 aromatic carbocycles. The molecule has 0 saturated heterocycles. The quantitative estimate of drug-likeness (QED) is 0.869. The van der Waals surface area contributed by atoms with Crippen LogP contribution in [0.3, 0.4) is 0 Å². The van der Waals surface area contributed by atoms with E-state index in [1.165, 1.54) is 5.69 Å². The number of unbranched alkanes of at least 4 members (excludes halogenated alkanes) is 1. The first-order valence-corrected chi connectivity index (χ1v) is 6.39. The lowest BCUT2D eigenvalue weighted by Gasteiger charge is -2.18. The van der Waals surface area contributed by atoms with Gasteiger partial charge in [0.05, 0.1) is 11.6 Å². The van der Waals surface area contributed by atoms with Gasteiger partial charge in [-0.2, -0.15) is 0 Å². The number of aromatic nitrogens is 2. The molecule has 1 aromatic heterocycles. The highest BCUT2D eigenvalue weighted by atomic mass is 16.4. The fourth-order valence-electron chi connectivity index (χ4n) is 2.54. The molecule has 0 bridgehead atoms. The Morgan fingerprint density at radius 1 is 1.59 bits per heavy atom. The summed E-state index contributed by atoms with van der Waals surface area (Å²) in [7, 11) is 2.05. The SMILES string of the molecule is CCCCc1nc2c(n1C)CCC(C(=O)O)C2. The number of rotatable bonds is 4. The van der Waals surface area contributed by atoms with Crippen molar-refractivity contribution in [1.82, 2.24) is 9.55 Å². The van der Waals surface area contributed by atoms with Gasteiger partial charge in [-0.05, 0) is 19.3 Å². The molecule has 1 aromatic rings. The molecular formula is C13H20N2O2. The van der Waals surface area contributed by atoms with Crippen LogP contribution in [0.25, 0.3) is 0 Å². The maximum absolute atomic E-state index is 11.0. The van der Waals surface area contributed by atoms with Gasteiger partial charge in [0.15, 0.2) is 0 Å². The molecule has 0 saturated carbocycles. The van der Waals surface area contributed by atoms with Gasteiger partial charge in [-0.25, -0.2) is 4.98 Å². The summed E-state index contributed by atoms with van der Waals surface area (Å²) in [6.45, 7) is 2.17. The number of hydrogen-bond donors (Lipinski definition) is 1. The molecule has 0 radical (unpaired) electrons. The molecule has 1 heterocycles. The van der Waals surface area contributed by atoms with Gasteiger partial charge in [0.25, 0.3) is 0 Å². The van der Waals surface area contributed by atoms with Crippen LogP contribution in [-0.4, -0.2) is 20.6 Å². The monoisotopic (exact) mass is 236 g/mol. The first-order chi connectivity index (χ1) is 8.13. The van der Waals surface area contributed by atoms with Crippen molar-refractivity contribution in [3.8, 4) is 0 Å². The molecule has 1 unspecified atom stereocenters. The Bertz CT molecular complexity index is 423. The lowest BCUT2D eigenvalue weighted by atomic mass is 9.90. The zero-order chi connectivity index (χ0) is 12.4. The molecule has 0 fully saturated rings. The molecule has 4 heteroatoms. The van der Waals surface area contributed by atoms with Crippen molar-refractivity contribution in [3.05, 3.63) is 17.2 Å². The Balaban J connectivity index is 2.19. The van der Waals surface area contributed by atoms with E-state index in [4.69, 9.17) is 5.11 Å². The van der Waals surface area contributed by atoms with Crippen LogP contribution >= 0.6 is 0 Å². The maximum Gasteiger partial charge on any atom is 0.306 e. The Kier molecular flexibility index (Phi) is 3.50. The molecule has 17 heavy (non-hydrogen) atoms. The van der Waals surface area contributed by atoms with E-state index in [1.54, 1.807) is 0 Å². The van der Waals surface area contributed by atoms with Crippen LogP contribution in [0.4, 0.5) is 0 Å². The average molecular weight is 236 g/mol. The Morgan fingerprint density at radius 2 is 2.35 bits per heavy atom. The molecular weight excluding hydrogens is 216 g/mol. The fourth-order valence-corrected chi connectivity index (χ4v) is 2.54. The third kappa shape index (κ3) is 2.35. The van der Waals surface area contributed by atoms with Gasteiger partial charge >= 0.3 is 5.97 Å². The largest absolute Gasteiger partial charge is 0.481 e. The number of imidazole rings is 1. The van der Waals surface area contributed by atoms with E-state index in [2.05, 4.69) is 23.5 Å². The van der Waals surface area contributed by atoms with Crippen LogP contribution < -0.4 is 0 Å². The minimum absolute atomic E-state index is 0.239. The van der Waals surface area contributed by atoms with Crippen LogP contribution in [0.1, 0.15) is 43.4 Å². The molecule has 2 rings (SSSR count). The number of hydrogen-bond acceptors (Lipinski definition) is 2. The lowest BCUT2D eigenvalue weighted by Crippen LogP contribution is -2.22. The second-order valence-corrected chi connectivity index (χ2v) is 4.86. The Hall–Kier alpha value is -1.32. The summed E-state index contributed by atoms with van der Waals surface area (Å²) in [5.74, 6) is 0.190. The van der Waals surface area contributed by atoms with Crippen LogP contribution in [0.2, 0.25) is 0 Å². The highest BCUT2D eigenvalue weighted by Crippen LogP contribution is 2.26. The smallest absolute Gasteiger partial charge is 0.306 e. The number of aliphatic carboxylic acids is 1. The molecule has 94 valence electrons. The standard InChI is InChI=1S/C13H20N2O2/c1-3-4-5-12-14-10-8-9(13(16)17)6-7-11(10)15(12)2/h9H,3-8H2,1-2H3,(H,16,17). The van der Waals surface area contributed by atoms with Gasteiger partial charge in [-0.15, -0.1) is 0 Å². The summed E-state index contributed by atoms with van der Waals surface area (Å²) in [5.41, 5.74) is 2.26. The average Bonchev–Trinajstić information content (AvgIpc) is 2.63. The topological polar surface area (TPSA) is 55.1 Å². The summed E-state index contributed by atoms with van der Waals surface area (Å²) in [6.07, 6.45) is 5.50. The number of nitrogens with zero attached hydrogens (tertiary/aromatic N) is 2. The minimum Gasteiger partial charge on any atom is -0.481 e. The van der Waals surface area contributed by atoms with E-state index >= 15 is 0 Å². The van der Waals surface area contributed by atoms with Crippen molar-refractivity contribution in [2.45, 2.75) is 45.4 Å². The minimum atomic E-state index is -0.684. The molecule has 0 spiro atoms. The predicted molar refractivity (Wildman–Crippen MR) is 65.0 cm³/mol. The van der Waals surface area contributed by atoms with Crippen molar-refractivity contribution in [1.29, 1.82) is 0 Å². The van der Waals surface area contributed by atoms with Gasteiger partial charge in [-0.3, -0.25) is 4.79 Å². The second-order valence-electron chi connectivity index (χ2n) is 4.86. The summed E-state index contributed by atoms with van der Waals surface area (Å²) >= 11 is 0. The predicted octanol–water partition coefficient (Wildman–Crippen LogP) is 1.95. The number of aryl methyl sites for hydroxylation is 1. The van der Waals surface area contributed by atoms with E-state index in [9.17, 15) is 4.79 Å². The summed E-state index contributed by atoms with van der Waals surface area (Å²) in [4.78, 5) is 15.6. The van der Waals surface area contributed by atoms with E-state index in [0.29, 0.717) is 6.42 Å². The molecule has 0 aliphatic heterocycles. The van der Waals surface area contributed by atoms with E-state index < -0.39 is 5.97 Å². The number of carbonyl (C=O) groups is 1. The second kappa shape index (κ2) is 4.90. The number of carboxylic acid groups (broad SMARTS) is 1. The van der Waals surface area contributed by atoms with Gasteiger partial charge < -0.3 is 9.67 Å². The van der Waals surface area contributed by atoms with Crippen LogP contribution in [-0.2, 0) is 31.1 Å². The van der Waals surface area contributed by atoms with Crippen molar-refractivity contribution in [3.63, 3.8) is 0 Å². The van der Waals surface area contributed by atoms with Gasteiger partial charge in [0, 0.05) is 25.6 Å². The zero-order valence-electron chi connectivity index (χ0n) is 10.6. The fraction of sp³-hybridized carbons (Fsp3) is 0.692. The van der Waals surface area contributed by atoms with Crippen molar-refractivity contribution >= 4 is 5.97 Å². The number of fused-ring (bicyclic) bond motifs is 1. The first kappa shape index (κ1) is 12.1. The van der Waals surface area contributed by atoms with Crippen LogP contribution in [0, 0.1) is 5.92 Å². The Morgan fingerprint density at radius 3 is 3.00 bits per heavy atom. The van der Waals surface area contributed by atoms with Gasteiger partial charge in [0.2, 0.25) is 0 Å². The normalized spacial score (nSPS) is 19.1. The summed E-state index contributed by atoms with van der Waals surface area (Å²) < 4.78 is 2.17. The molecule has 0 amide bonds. The van der Waals surface area contributed by atoms with E-state index in [0.717, 1.165) is 43.6 Å². The van der Waals surface area contributed by atoms with Crippen molar-refractivity contribution in [2.24, 2.45) is 13.0 Å². The number of carboxylic acids is 1. The molecule has 1 aliphatic carbocycles. The van der Waals surface area contributed by atoms with Crippen LogP contribution in [0.15, 0.2) is 0 Å². The summed E-state index contributed by atoms with van der Waals surface area (Å²) in [6, 6.07) is 0. The van der Waals surface area contributed by atoms with Gasteiger partial charge in [-0.1, -0.05) is 13.3 Å². The lowest BCUT2D eigenvalue weighted by molar-refractivity contribution is -0.142. The molecule has 1 atom stereocenters. The Labute approximate surface area is 102 Å². The highest BCUT2D eigenvalue weighted by molar-refractivity contribution is 5.70. The molecule has 4 nitrogen and oxygen atoms in total.